The van der Waals surface area contributed by atoms with E-state index in [1.807, 2.05) is 0 Å². The monoisotopic (exact) mass is 307 g/mol. The van der Waals surface area contributed by atoms with Crippen LogP contribution in [0.4, 0.5) is 5.95 Å². The first-order valence-electron chi connectivity index (χ1n) is 8.80. The molecule has 0 aliphatic heterocycles. The van der Waals surface area contributed by atoms with E-state index in [9.17, 15) is 0 Å². The van der Waals surface area contributed by atoms with Crippen molar-refractivity contribution >= 4 is 5.95 Å². The lowest BCUT2D eigenvalue weighted by molar-refractivity contribution is 0.329. The molecule has 1 aromatic heterocycles. The van der Waals surface area contributed by atoms with E-state index in [-0.39, 0.29) is 0 Å². The first-order chi connectivity index (χ1) is 11.1. The van der Waals surface area contributed by atoms with Gasteiger partial charge >= 0.3 is 0 Å². The molecule has 0 amide bonds. The molecule has 2 fully saturated rings. The van der Waals surface area contributed by atoms with Crippen molar-refractivity contribution in [1.29, 1.82) is 0 Å². The molecule has 3 nitrogen and oxygen atoms in total. The number of hydrogen-bond acceptors (Lipinski definition) is 3. The Labute approximate surface area is 138 Å². The Hall–Kier alpha value is -1.90. The lowest BCUT2D eigenvalue weighted by Crippen LogP contribution is -2.14. The maximum atomic E-state index is 6.01. The van der Waals surface area contributed by atoms with Crippen molar-refractivity contribution < 1.29 is 0 Å². The van der Waals surface area contributed by atoms with E-state index in [1.54, 1.807) is 0 Å². The van der Waals surface area contributed by atoms with Crippen molar-refractivity contribution in [2.24, 2.45) is 17.8 Å². The van der Waals surface area contributed by atoms with Gasteiger partial charge in [0.2, 0.25) is 5.95 Å². The highest BCUT2D eigenvalue weighted by atomic mass is 15.0. The molecule has 0 spiro atoms. The zero-order valence-corrected chi connectivity index (χ0v) is 14.0. The summed E-state index contributed by atoms with van der Waals surface area (Å²) < 4.78 is 0. The second-order valence-corrected chi connectivity index (χ2v) is 7.49. The fraction of sp³-hybridized carbons (Fsp3) is 0.500. The molecule has 0 saturated heterocycles. The molecule has 120 valence electrons. The Morgan fingerprint density at radius 2 is 2.00 bits per heavy atom. The van der Waals surface area contributed by atoms with Crippen LogP contribution in [0.15, 0.2) is 24.3 Å². The van der Waals surface area contributed by atoms with Gasteiger partial charge in [-0.25, -0.2) is 9.97 Å². The van der Waals surface area contributed by atoms with Gasteiger partial charge in [0.1, 0.15) is 0 Å². The number of hydrogen-bond donors (Lipinski definition) is 1. The van der Waals surface area contributed by atoms with Crippen LogP contribution in [0.5, 0.6) is 0 Å². The molecule has 2 aliphatic carbocycles. The molecular weight excluding hydrogens is 282 g/mol. The Balaban J connectivity index is 1.64. The summed E-state index contributed by atoms with van der Waals surface area (Å²) in [6, 6.07) is 8.51. The number of nitrogens with zero attached hydrogens (tertiary/aromatic N) is 2. The summed E-state index contributed by atoms with van der Waals surface area (Å²) in [6.45, 7) is 4.29. The van der Waals surface area contributed by atoms with Gasteiger partial charge in [-0.15, -0.1) is 0 Å². The summed E-state index contributed by atoms with van der Waals surface area (Å²) in [7, 11) is 0. The lowest BCUT2D eigenvalue weighted by atomic mass is 9.85. The maximum absolute atomic E-state index is 6.01. The van der Waals surface area contributed by atoms with Crippen molar-refractivity contribution in [3.8, 4) is 11.3 Å². The number of benzene rings is 1. The topological polar surface area (TPSA) is 51.8 Å². The van der Waals surface area contributed by atoms with Gasteiger partial charge in [0.15, 0.2) is 0 Å². The van der Waals surface area contributed by atoms with Gasteiger partial charge < -0.3 is 5.73 Å². The van der Waals surface area contributed by atoms with Crippen LogP contribution in [0.3, 0.4) is 0 Å². The normalized spacial score (nSPS) is 25.9. The average molecular weight is 307 g/mol. The summed E-state index contributed by atoms with van der Waals surface area (Å²) in [6.07, 6.45) is 6.74. The number of rotatable bonds is 3. The first-order valence-corrected chi connectivity index (χ1v) is 8.80. The zero-order valence-electron chi connectivity index (χ0n) is 14.0. The van der Waals surface area contributed by atoms with Gasteiger partial charge in [-0.1, -0.05) is 24.6 Å². The van der Waals surface area contributed by atoms with Crippen molar-refractivity contribution in [3.05, 3.63) is 41.1 Å². The number of aromatic nitrogens is 2. The van der Waals surface area contributed by atoms with Crippen LogP contribution in [-0.2, 0) is 6.42 Å². The highest BCUT2D eigenvalue weighted by Gasteiger charge is 2.39. The number of aryl methyl sites for hydroxylation is 1. The average Bonchev–Trinajstić information content (AvgIpc) is 3.12. The first kappa shape index (κ1) is 14.7. The summed E-state index contributed by atoms with van der Waals surface area (Å²) >= 11 is 0. The quantitative estimate of drug-likeness (QED) is 0.918. The predicted molar refractivity (Wildman–Crippen MR) is 94.0 cm³/mol. The SMILES string of the molecule is Cc1cccc(-c2cc(CC3CC4CCC3C4)nc(N)n2)c1C. The third-order valence-electron chi connectivity index (χ3n) is 6.03. The highest BCUT2D eigenvalue weighted by molar-refractivity contribution is 5.66. The van der Waals surface area contributed by atoms with Crippen LogP contribution < -0.4 is 5.73 Å². The summed E-state index contributed by atoms with van der Waals surface area (Å²) in [5.41, 5.74) is 11.8. The minimum Gasteiger partial charge on any atom is -0.368 e. The standard InChI is InChI=1S/C20H25N3/c1-12-4-3-5-18(13(12)2)19-11-17(22-20(21)23-19)10-16-9-14-6-7-15(16)8-14/h3-5,11,14-16H,6-10H2,1-2H3,(H2,21,22,23). The van der Waals surface area contributed by atoms with E-state index in [4.69, 9.17) is 5.73 Å². The second-order valence-electron chi connectivity index (χ2n) is 7.49. The highest BCUT2D eigenvalue weighted by Crippen LogP contribution is 2.49. The molecule has 2 N–H and O–H groups in total. The third-order valence-corrected chi connectivity index (χ3v) is 6.03. The largest absolute Gasteiger partial charge is 0.368 e. The fourth-order valence-electron chi connectivity index (χ4n) is 4.68. The Morgan fingerprint density at radius 3 is 2.74 bits per heavy atom. The van der Waals surface area contributed by atoms with Crippen LogP contribution in [0.2, 0.25) is 0 Å². The lowest BCUT2D eigenvalue weighted by Gasteiger charge is -2.21. The van der Waals surface area contributed by atoms with E-state index in [0.29, 0.717) is 5.95 Å². The third kappa shape index (κ3) is 2.73. The predicted octanol–water partition coefficient (Wildman–Crippen LogP) is 4.32. The van der Waals surface area contributed by atoms with Crippen molar-refractivity contribution in [1.82, 2.24) is 9.97 Å². The number of nitrogen functional groups attached to an aromatic ring is 1. The molecule has 3 atom stereocenters. The molecule has 4 rings (SSSR count). The maximum Gasteiger partial charge on any atom is 0.220 e. The molecule has 3 heteroatoms. The van der Waals surface area contributed by atoms with Crippen LogP contribution >= 0.6 is 0 Å². The molecule has 0 radical (unpaired) electrons. The summed E-state index contributed by atoms with van der Waals surface area (Å²) in [5, 5.41) is 0. The van der Waals surface area contributed by atoms with Gasteiger partial charge in [-0.05, 0) is 74.5 Å². The van der Waals surface area contributed by atoms with Gasteiger partial charge in [-0.2, -0.15) is 0 Å². The van der Waals surface area contributed by atoms with E-state index in [1.165, 1.54) is 42.4 Å². The second kappa shape index (κ2) is 5.63. The molecule has 1 heterocycles. The molecule has 2 aliphatic rings. The molecular formula is C20H25N3. The van der Waals surface area contributed by atoms with E-state index in [2.05, 4.69) is 48.1 Å². The van der Waals surface area contributed by atoms with Crippen LogP contribution in [-0.4, -0.2) is 9.97 Å². The van der Waals surface area contributed by atoms with Crippen LogP contribution in [0.25, 0.3) is 11.3 Å². The van der Waals surface area contributed by atoms with Gasteiger partial charge in [0.05, 0.1) is 5.69 Å². The molecule has 23 heavy (non-hydrogen) atoms. The van der Waals surface area contributed by atoms with Crippen molar-refractivity contribution in [3.63, 3.8) is 0 Å². The minimum atomic E-state index is 0.404. The fourth-order valence-corrected chi connectivity index (χ4v) is 4.68. The minimum absolute atomic E-state index is 0.404. The van der Waals surface area contributed by atoms with Crippen LogP contribution in [0.1, 0.15) is 42.5 Å². The van der Waals surface area contributed by atoms with Gasteiger partial charge in [-0.3, -0.25) is 0 Å². The Kier molecular flexibility index (Phi) is 3.59. The molecule has 2 saturated carbocycles. The number of fused-ring (bicyclic) bond motifs is 2. The Bertz CT molecular complexity index is 738. The van der Waals surface area contributed by atoms with E-state index < -0.39 is 0 Å². The Morgan fingerprint density at radius 1 is 1.13 bits per heavy atom. The molecule has 1 aromatic carbocycles. The summed E-state index contributed by atoms with van der Waals surface area (Å²) in [5.74, 6) is 3.10. The molecule has 3 unspecified atom stereocenters. The van der Waals surface area contributed by atoms with Gasteiger partial charge in [0, 0.05) is 11.3 Å². The van der Waals surface area contributed by atoms with Gasteiger partial charge in [0.25, 0.3) is 0 Å². The van der Waals surface area contributed by atoms with Crippen molar-refractivity contribution in [2.75, 3.05) is 5.73 Å². The van der Waals surface area contributed by atoms with Crippen molar-refractivity contribution in [2.45, 2.75) is 46.0 Å². The van der Waals surface area contributed by atoms with Crippen LogP contribution in [0, 0.1) is 31.6 Å². The number of nitrogens with two attached hydrogens (primary N) is 1. The van der Waals surface area contributed by atoms with E-state index >= 15 is 0 Å². The zero-order chi connectivity index (χ0) is 16.0. The van der Waals surface area contributed by atoms with E-state index in [0.717, 1.165) is 35.6 Å². The smallest absolute Gasteiger partial charge is 0.220 e. The molecule has 2 aromatic rings. The number of anilines is 1. The molecule has 2 bridgehead atoms. The summed E-state index contributed by atoms with van der Waals surface area (Å²) in [4.78, 5) is 9.02.